The topological polar surface area (TPSA) is 88.7 Å². The molecule has 1 heterocycles. The van der Waals surface area contributed by atoms with Gasteiger partial charge in [-0.25, -0.2) is 5.43 Å². The number of carbonyl (C=O) groups excluding carboxylic acids is 1. The van der Waals surface area contributed by atoms with Gasteiger partial charge in [0.15, 0.2) is 5.36 Å². The maximum atomic E-state index is 12.0. The Morgan fingerprint density at radius 2 is 1.70 bits per heavy atom. The zero-order valence-electron chi connectivity index (χ0n) is 10.1. The Morgan fingerprint density at radius 3 is 2.25 bits per heavy atom. The van der Waals surface area contributed by atoms with Gasteiger partial charge in [-0.15, -0.1) is 0 Å². The number of carbonyl (C=O) groups is 1. The molecule has 0 aliphatic carbocycles. The number of fused-ring (bicyclic) bond motifs is 1. The Morgan fingerprint density at radius 1 is 1.05 bits per heavy atom. The summed E-state index contributed by atoms with van der Waals surface area (Å²) in [5.74, 6) is -0.553. The molecule has 0 unspecified atom stereocenters. The van der Waals surface area contributed by atoms with Crippen molar-refractivity contribution >= 4 is 16.7 Å². The van der Waals surface area contributed by atoms with Gasteiger partial charge >= 0.3 is 0 Å². The predicted molar refractivity (Wildman–Crippen MR) is 70.6 cm³/mol. The summed E-state index contributed by atoms with van der Waals surface area (Å²) in [5, 5.41) is 3.94. The fourth-order valence-electron chi connectivity index (χ4n) is 1.90. The molecule has 2 aromatic carbocycles. The lowest BCUT2D eigenvalue weighted by Gasteiger charge is -1.92. The van der Waals surface area contributed by atoms with Crippen LogP contribution in [-0.2, 0) is 0 Å². The van der Waals surface area contributed by atoms with Crippen LogP contribution in [-0.4, -0.2) is 5.91 Å². The van der Waals surface area contributed by atoms with E-state index in [4.69, 9.17) is 4.42 Å². The second-order valence-corrected chi connectivity index (χ2v) is 4.12. The average molecular weight is 268 g/mol. The number of amides is 1. The van der Waals surface area contributed by atoms with Crippen LogP contribution < -0.4 is 21.6 Å². The number of nitrogens with one attached hydrogen (secondary N) is 1. The number of furan rings is 1. The van der Waals surface area contributed by atoms with Crippen molar-refractivity contribution in [2.24, 2.45) is 5.10 Å². The van der Waals surface area contributed by atoms with Crippen molar-refractivity contribution in [1.82, 2.24) is 5.43 Å². The second-order valence-electron chi connectivity index (χ2n) is 4.12. The van der Waals surface area contributed by atoms with E-state index in [0.29, 0.717) is 10.8 Å². The molecular formula is C14H8N2O4. The van der Waals surface area contributed by atoms with Crippen LogP contribution in [0.25, 0.3) is 10.8 Å². The standard InChI is InChI=1S/C14H8N2O4/c17-12-9-3-1-2-4-10(9)13(18)11(12)15-16-14(19)8-5-6-20-7-8/h1-7H,(H,16,19). The van der Waals surface area contributed by atoms with Crippen molar-refractivity contribution < 1.29 is 9.21 Å². The molecule has 0 bridgehead atoms. The zero-order valence-corrected chi connectivity index (χ0v) is 10.1. The maximum Gasteiger partial charge on any atom is 0.274 e. The largest absolute Gasteiger partial charge is 0.472 e. The highest BCUT2D eigenvalue weighted by molar-refractivity contribution is 5.93. The molecule has 0 fully saturated rings. The number of rotatable bonds is 2. The first kappa shape index (κ1) is 12.0. The highest BCUT2D eigenvalue weighted by atomic mass is 16.3. The molecule has 1 N–H and O–H groups in total. The molecule has 0 saturated carbocycles. The molecule has 3 rings (SSSR count). The van der Waals surface area contributed by atoms with Gasteiger partial charge in [0.2, 0.25) is 10.9 Å². The summed E-state index contributed by atoms with van der Waals surface area (Å²) >= 11 is 0. The van der Waals surface area contributed by atoms with Gasteiger partial charge in [0.05, 0.1) is 11.8 Å². The first-order valence-corrected chi connectivity index (χ1v) is 5.77. The minimum Gasteiger partial charge on any atom is -0.472 e. The average Bonchev–Trinajstić information content (AvgIpc) is 3.07. The summed E-state index contributed by atoms with van der Waals surface area (Å²) < 4.78 is 4.76. The van der Waals surface area contributed by atoms with Crippen molar-refractivity contribution in [3.05, 3.63) is 74.2 Å². The Balaban J connectivity index is 2.07. The Hall–Kier alpha value is -3.02. The molecule has 0 radical (unpaired) electrons. The Labute approximate surface area is 111 Å². The Kier molecular flexibility index (Phi) is 2.76. The van der Waals surface area contributed by atoms with Gasteiger partial charge in [0.1, 0.15) is 6.26 Å². The minimum atomic E-state index is -0.553. The molecule has 0 spiro atoms. The van der Waals surface area contributed by atoms with E-state index in [9.17, 15) is 14.4 Å². The molecule has 6 nitrogen and oxygen atoms in total. The smallest absolute Gasteiger partial charge is 0.274 e. The van der Waals surface area contributed by atoms with Gasteiger partial charge in [-0.2, -0.15) is 5.10 Å². The van der Waals surface area contributed by atoms with E-state index in [-0.39, 0.29) is 10.9 Å². The second kappa shape index (κ2) is 4.58. The van der Waals surface area contributed by atoms with E-state index in [1.54, 1.807) is 24.3 Å². The summed E-state index contributed by atoms with van der Waals surface area (Å²) in [6.45, 7) is 0. The molecular weight excluding hydrogens is 260 g/mol. The molecule has 0 aliphatic rings. The van der Waals surface area contributed by atoms with Gasteiger partial charge < -0.3 is 4.42 Å². The van der Waals surface area contributed by atoms with Gasteiger partial charge in [-0.05, 0) is 6.07 Å². The number of nitrogens with zero attached hydrogens (tertiary/aromatic N) is 1. The number of hydrogen-bond donors (Lipinski definition) is 1. The zero-order chi connectivity index (χ0) is 14.1. The monoisotopic (exact) mass is 268 g/mol. The van der Waals surface area contributed by atoms with Crippen LogP contribution in [0.15, 0.2) is 62.0 Å². The van der Waals surface area contributed by atoms with Crippen molar-refractivity contribution in [1.29, 1.82) is 0 Å². The molecule has 0 atom stereocenters. The van der Waals surface area contributed by atoms with E-state index in [0.717, 1.165) is 0 Å². The first-order valence-electron chi connectivity index (χ1n) is 5.77. The normalized spacial score (nSPS) is 10.6. The molecule has 6 heteroatoms. The van der Waals surface area contributed by atoms with Gasteiger partial charge in [0.25, 0.3) is 5.91 Å². The summed E-state index contributed by atoms with van der Waals surface area (Å²) in [5.41, 5.74) is 1.45. The third kappa shape index (κ3) is 1.83. The van der Waals surface area contributed by atoms with Crippen molar-refractivity contribution in [3.63, 3.8) is 0 Å². The molecule has 3 aromatic rings. The molecule has 1 amide bonds. The summed E-state index contributed by atoms with van der Waals surface area (Å²) in [6, 6.07) is 7.88. The SMILES string of the molecule is O=C(NN=c1c(=O)c2ccccc2c1=O)c1ccoc1. The third-order valence-corrected chi connectivity index (χ3v) is 2.90. The predicted octanol–water partition coefficient (Wildman–Crippen LogP) is 0.274. The van der Waals surface area contributed by atoms with Crippen LogP contribution in [0.1, 0.15) is 10.4 Å². The van der Waals surface area contributed by atoms with Crippen molar-refractivity contribution in [2.45, 2.75) is 0 Å². The summed E-state index contributed by atoms with van der Waals surface area (Å²) in [6.07, 6.45) is 2.58. The first-order chi connectivity index (χ1) is 9.68. The van der Waals surface area contributed by atoms with Crippen LogP contribution in [0.4, 0.5) is 0 Å². The lowest BCUT2D eigenvalue weighted by atomic mass is 10.2. The van der Waals surface area contributed by atoms with Crippen molar-refractivity contribution in [2.75, 3.05) is 0 Å². The minimum absolute atomic E-state index is 0.254. The number of hydrogen-bond acceptors (Lipinski definition) is 5. The van der Waals surface area contributed by atoms with Crippen LogP contribution in [0, 0.1) is 0 Å². The van der Waals surface area contributed by atoms with Gasteiger partial charge in [0, 0.05) is 10.8 Å². The van der Waals surface area contributed by atoms with E-state index < -0.39 is 16.8 Å². The van der Waals surface area contributed by atoms with Gasteiger partial charge in [-0.3, -0.25) is 14.4 Å². The van der Waals surface area contributed by atoms with Crippen LogP contribution in [0.5, 0.6) is 0 Å². The number of benzene rings is 1. The van der Waals surface area contributed by atoms with Crippen LogP contribution >= 0.6 is 0 Å². The highest BCUT2D eigenvalue weighted by Crippen LogP contribution is 2.02. The molecule has 98 valence electrons. The fraction of sp³-hybridized carbons (Fsp3) is 0. The van der Waals surface area contributed by atoms with Gasteiger partial charge in [-0.1, -0.05) is 24.3 Å². The van der Waals surface area contributed by atoms with E-state index >= 15 is 0 Å². The Bertz CT molecular complexity index is 882. The van der Waals surface area contributed by atoms with Crippen LogP contribution in [0.3, 0.4) is 0 Å². The molecule has 1 aromatic heterocycles. The van der Waals surface area contributed by atoms with Crippen LogP contribution in [0.2, 0.25) is 0 Å². The van der Waals surface area contributed by atoms with E-state index in [1.807, 2.05) is 0 Å². The van der Waals surface area contributed by atoms with Crippen molar-refractivity contribution in [3.8, 4) is 0 Å². The highest BCUT2D eigenvalue weighted by Gasteiger charge is 2.11. The fourth-order valence-corrected chi connectivity index (χ4v) is 1.90. The lowest BCUT2D eigenvalue weighted by Crippen LogP contribution is -2.35. The van der Waals surface area contributed by atoms with E-state index in [2.05, 4.69) is 10.5 Å². The summed E-state index contributed by atoms with van der Waals surface area (Å²) in [7, 11) is 0. The molecule has 0 aliphatic heterocycles. The maximum absolute atomic E-state index is 12.0. The summed E-state index contributed by atoms with van der Waals surface area (Å²) in [4.78, 5) is 35.6. The lowest BCUT2D eigenvalue weighted by molar-refractivity contribution is 0.0952. The molecule has 20 heavy (non-hydrogen) atoms. The van der Waals surface area contributed by atoms with E-state index in [1.165, 1.54) is 18.6 Å². The third-order valence-electron chi connectivity index (χ3n) is 2.90. The quantitative estimate of drug-likeness (QED) is 0.676. The molecule has 0 saturated heterocycles.